The minimum Gasteiger partial charge on any atom is -0.395 e. The SMILES string of the molecule is CC(C)(C)N(CCO)[N+](C)(O)OCCl. The van der Waals surface area contributed by atoms with Crippen molar-refractivity contribution in [3.63, 3.8) is 0 Å². The van der Waals surface area contributed by atoms with Crippen LogP contribution in [0.4, 0.5) is 0 Å². The van der Waals surface area contributed by atoms with Gasteiger partial charge in [-0.1, -0.05) is 16.6 Å². The zero-order valence-corrected chi connectivity index (χ0v) is 9.95. The third-order valence-electron chi connectivity index (χ3n) is 1.83. The number of rotatable bonds is 5. The van der Waals surface area contributed by atoms with Crippen molar-refractivity contribution in [2.24, 2.45) is 0 Å². The Hall–Kier alpha value is 0.0900. The minimum absolute atomic E-state index is 0.0582. The third-order valence-corrected chi connectivity index (χ3v) is 1.93. The fraction of sp³-hybridized carbons (Fsp3) is 1.00. The van der Waals surface area contributed by atoms with Crippen LogP contribution in [0.15, 0.2) is 0 Å². The molecule has 0 rings (SSSR count). The minimum atomic E-state index is -0.784. The van der Waals surface area contributed by atoms with Crippen LogP contribution in [0.5, 0.6) is 0 Å². The van der Waals surface area contributed by atoms with E-state index in [0.29, 0.717) is 6.54 Å². The van der Waals surface area contributed by atoms with Crippen LogP contribution in [0.25, 0.3) is 0 Å². The van der Waals surface area contributed by atoms with Crippen molar-refractivity contribution < 1.29 is 20.1 Å². The van der Waals surface area contributed by atoms with E-state index in [9.17, 15) is 5.21 Å². The number of halogens is 1. The first-order chi connectivity index (χ1) is 6.25. The first-order valence-corrected chi connectivity index (χ1v) is 4.98. The van der Waals surface area contributed by atoms with Gasteiger partial charge in [0.1, 0.15) is 0 Å². The molecule has 0 bridgehead atoms. The molecule has 1 atom stereocenters. The highest BCUT2D eigenvalue weighted by atomic mass is 35.5. The molecule has 0 saturated heterocycles. The Labute approximate surface area is 89.9 Å². The lowest BCUT2D eigenvalue weighted by molar-refractivity contribution is -1.31. The van der Waals surface area contributed by atoms with Crippen LogP contribution in [-0.2, 0) is 4.84 Å². The van der Waals surface area contributed by atoms with Gasteiger partial charge in [-0.2, -0.15) is 5.21 Å². The number of aliphatic hydroxyl groups excluding tert-OH is 1. The van der Waals surface area contributed by atoms with Crippen LogP contribution in [-0.4, -0.2) is 52.0 Å². The zero-order chi connectivity index (χ0) is 11.4. The van der Waals surface area contributed by atoms with Gasteiger partial charge in [0, 0.05) is 4.92 Å². The molecule has 0 spiro atoms. The van der Waals surface area contributed by atoms with Crippen LogP contribution in [0, 0.1) is 0 Å². The lowest BCUT2D eigenvalue weighted by Gasteiger charge is -2.40. The number of quaternary nitrogens is 1. The van der Waals surface area contributed by atoms with Gasteiger partial charge in [0.05, 0.1) is 18.7 Å². The summed E-state index contributed by atoms with van der Waals surface area (Å²) in [5.41, 5.74) is -0.335. The van der Waals surface area contributed by atoms with Crippen LogP contribution in [0.2, 0.25) is 0 Å². The Morgan fingerprint density at radius 3 is 2.21 bits per heavy atom. The number of alkyl halides is 1. The summed E-state index contributed by atoms with van der Waals surface area (Å²) in [6, 6.07) is -0.120. The quantitative estimate of drug-likeness (QED) is 0.417. The Bertz CT molecular complexity index is 170. The summed E-state index contributed by atoms with van der Waals surface area (Å²) >= 11 is 5.39. The first kappa shape index (κ1) is 14.1. The molecule has 0 amide bonds. The standard InChI is InChI=1S/C8H20ClN2O3/c1-8(2,3)10(5-6-12)11(4,13)14-7-9/h12-13H,5-7H2,1-4H3/q+1. The molecule has 0 aromatic carbocycles. The topological polar surface area (TPSA) is 52.9 Å². The number of hydrogen-bond donors (Lipinski definition) is 2. The van der Waals surface area contributed by atoms with E-state index in [-0.39, 0.29) is 18.2 Å². The molecular formula is C8H20ClN2O3+. The summed E-state index contributed by atoms with van der Waals surface area (Å²) in [5.74, 6) is 0. The lowest BCUT2D eigenvalue weighted by atomic mass is 10.1. The van der Waals surface area contributed by atoms with Gasteiger partial charge in [0.25, 0.3) is 0 Å². The molecule has 0 aromatic heterocycles. The Morgan fingerprint density at radius 2 is 1.93 bits per heavy atom. The van der Waals surface area contributed by atoms with E-state index in [2.05, 4.69) is 0 Å². The van der Waals surface area contributed by atoms with Crippen LogP contribution in [0.1, 0.15) is 20.8 Å². The molecule has 1 unspecified atom stereocenters. The smallest absolute Gasteiger partial charge is 0.186 e. The number of nitrogens with zero attached hydrogens (tertiary/aromatic N) is 2. The van der Waals surface area contributed by atoms with Crippen LogP contribution < -0.4 is 0 Å². The normalized spacial score (nSPS) is 17.1. The Morgan fingerprint density at radius 1 is 1.43 bits per heavy atom. The molecule has 0 aromatic rings. The second-order valence-corrected chi connectivity index (χ2v) is 4.31. The number of hydroxylamine groups is 2. The molecule has 0 saturated carbocycles. The highest BCUT2D eigenvalue weighted by molar-refractivity contribution is 6.16. The Kier molecular flexibility index (Phi) is 5.28. The summed E-state index contributed by atoms with van der Waals surface area (Å²) in [6.45, 7) is 5.97. The number of β-amino-alcohol motifs (C(OH)–C–C–N with tert-alkyl or cyclic N) is 1. The molecule has 86 valence electrons. The average molecular weight is 228 g/mol. The number of aliphatic hydroxyl groups is 1. The van der Waals surface area contributed by atoms with Crippen molar-refractivity contribution in [1.82, 2.24) is 5.01 Å². The molecule has 0 radical (unpaired) electrons. The van der Waals surface area contributed by atoms with Crippen molar-refractivity contribution in [3.05, 3.63) is 0 Å². The summed E-state index contributed by atoms with van der Waals surface area (Å²) in [5, 5.41) is 20.3. The first-order valence-electron chi connectivity index (χ1n) is 4.44. The van der Waals surface area contributed by atoms with Crippen molar-refractivity contribution in [2.45, 2.75) is 26.3 Å². The van der Waals surface area contributed by atoms with E-state index in [1.54, 1.807) is 5.01 Å². The average Bonchev–Trinajstić information content (AvgIpc) is 1.97. The fourth-order valence-corrected chi connectivity index (χ4v) is 1.52. The molecule has 6 heteroatoms. The molecule has 0 aliphatic carbocycles. The van der Waals surface area contributed by atoms with Crippen molar-refractivity contribution in [2.75, 3.05) is 26.3 Å². The molecule has 5 nitrogen and oxygen atoms in total. The van der Waals surface area contributed by atoms with Crippen molar-refractivity contribution in [1.29, 1.82) is 0 Å². The molecule has 0 aliphatic heterocycles. The lowest BCUT2D eigenvalue weighted by Crippen LogP contribution is -2.62. The van der Waals surface area contributed by atoms with E-state index in [1.807, 2.05) is 20.8 Å². The van der Waals surface area contributed by atoms with E-state index in [4.69, 9.17) is 21.5 Å². The second-order valence-electron chi connectivity index (χ2n) is 4.09. The van der Waals surface area contributed by atoms with E-state index in [0.717, 1.165) is 0 Å². The van der Waals surface area contributed by atoms with E-state index < -0.39 is 4.92 Å². The monoisotopic (exact) mass is 227 g/mol. The molecular weight excluding hydrogens is 208 g/mol. The molecule has 0 aliphatic rings. The highest BCUT2D eigenvalue weighted by Crippen LogP contribution is 2.20. The predicted octanol–water partition coefficient (Wildman–Crippen LogP) is 0.958. The van der Waals surface area contributed by atoms with Crippen molar-refractivity contribution in [3.8, 4) is 0 Å². The maximum atomic E-state index is 9.89. The van der Waals surface area contributed by atoms with Gasteiger partial charge in [0.15, 0.2) is 13.1 Å². The van der Waals surface area contributed by atoms with Gasteiger partial charge >= 0.3 is 0 Å². The maximum absolute atomic E-state index is 9.89. The van der Waals surface area contributed by atoms with Crippen LogP contribution in [0.3, 0.4) is 0 Å². The molecule has 0 fully saturated rings. The number of hydrogen-bond acceptors (Lipinski definition) is 4. The van der Waals surface area contributed by atoms with Gasteiger partial charge in [0.2, 0.25) is 0 Å². The summed E-state index contributed by atoms with van der Waals surface area (Å²) in [6.07, 6.45) is 0. The molecule has 14 heavy (non-hydrogen) atoms. The maximum Gasteiger partial charge on any atom is 0.186 e. The van der Waals surface area contributed by atoms with E-state index >= 15 is 0 Å². The molecule has 0 heterocycles. The van der Waals surface area contributed by atoms with E-state index in [1.165, 1.54) is 7.05 Å². The van der Waals surface area contributed by atoms with Gasteiger partial charge in [-0.25, -0.2) is 0 Å². The second kappa shape index (κ2) is 5.25. The van der Waals surface area contributed by atoms with Gasteiger partial charge < -0.3 is 5.11 Å². The third kappa shape index (κ3) is 4.08. The fourth-order valence-electron chi connectivity index (χ4n) is 1.33. The largest absolute Gasteiger partial charge is 0.395 e. The summed E-state index contributed by atoms with van der Waals surface area (Å²) < 4.78 is 0. The summed E-state index contributed by atoms with van der Waals surface area (Å²) in [7, 11) is 1.45. The highest BCUT2D eigenvalue weighted by Gasteiger charge is 2.39. The molecule has 2 N–H and O–H groups in total. The van der Waals surface area contributed by atoms with Crippen LogP contribution >= 0.6 is 11.6 Å². The Balaban J connectivity index is 4.63. The van der Waals surface area contributed by atoms with Gasteiger partial charge in [-0.15, -0.1) is 4.84 Å². The predicted molar refractivity (Wildman–Crippen MR) is 53.3 cm³/mol. The van der Waals surface area contributed by atoms with Gasteiger partial charge in [-0.05, 0) is 20.8 Å². The van der Waals surface area contributed by atoms with Crippen molar-refractivity contribution >= 4 is 11.6 Å². The van der Waals surface area contributed by atoms with Gasteiger partial charge in [-0.3, -0.25) is 0 Å². The summed E-state index contributed by atoms with van der Waals surface area (Å²) in [4.78, 5) is 4.16. The zero-order valence-electron chi connectivity index (χ0n) is 9.20.